The van der Waals surface area contributed by atoms with Crippen molar-refractivity contribution in [3.63, 3.8) is 0 Å². The first-order valence-corrected chi connectivity index (χ1v) is 10.3. The summed E-state index contributed by atoms with van der Waals surface area (Å²) in [7, 11) is 1.32. The van der Waals surface area contributed by atoms with Crippen molar-refractivity contribution in [1.29, 1.82) is 0 Å². The number of hydrogen-bond donors (Lipinski definition) is 2. The number of nitrogens with one attached hydrogen (secondary N) is 1. The van der Waals surface area contributed by atoms with E-state index in [9.17, 15) is 31.5 Å². The smallest absolute Gasteiger partial charge is 0.377 e. The Kier molecular flexibility index (Phi) is 6.46. The molecule has 0 spiro atoms. The van der Waals surface area contributed by atoms with Crippen molar-refractivity contribution >= 4 is 28.5 Å². The standard InChI is InChI=1S/C24H17F5N4O3/c1-36-11-19-32-20-14(22(30)34)9-12(10-18(20)33(19)21-16(25)7-4-8-17(21)26)31-23(35)13-5-2-3-6-15(13)24(27,28)29/h2-10H,11H2,1H3,(H2,30,34)(H,31,35). The van der Waals surface area contributed by atoms with Gasteiger partial charge in [0.25, 0.3) is 11.8 Å². The van der Waals surface area contributed by atoms with Gasteiger partial charge in [0.1, 0.15) is 35.3 Å². The molecule has 0 atom stereocenters. The minimum atomic E-state index is -4.80. The van der Waals surface area contributed by atoms with E-state index in [-0.39, 0.29) is 34.7 Å². The van der Waals surface area contributed by atoms with Gasteiger partial charge in [-0.2, -0.15) is 13.2 Å². The molecule has 0 bridgehead atoms. The monoisotopic (exact) mass is 504 g/mol. The highest BCUT2D eigenvalue weighted by Gasteiger charge is 2.35. The van der Waals surface area contributed by atoms with Crippen LogP contribution in [0.2, 0.25) is 0 Å². The van der Waals surface area contributed by atoms with E-state index in [2.05, 4.69) is 10.3 Å². The maximum absolute atomic E-state index is 14.7. The van der Waals surface area contributed by atoms with Crippen molar-refractivity contribution in [2.24, 2.45) is 5.73 Å². The lowest BCUT2D eigenvalue weighted by atomic mass is 10.1. The zero-order chi connectivity index (χ0) is 26.2. The van der Waals surface area contributed by atoms with Crippen LogP contribution in [-0.2, 0) is 17.5 Å². The quantitative estimate of drug-likeness (QED) is 0.368. The summed E-state index contributed by atoms with van der Waals surface area (Å²) in [6.45, 7) is -0.221. The van der Waals surface area contributed by atoms with Crippen LogP contribution < -0.4 is 11.1 Å². The summed E-state index contributed by atoms with van der Waals surface area (Å²) in [5.74, 6) is -4.03. The maximum Gasteiger partial charge on any atom is 0.417 e. The van der Waals surface area contributed by atoms with Crippen molar-refractivity contribution in [3.05, 3.63) is 88.7 Å². The molecule has 7 nitrogen and oxygen atoms in total. The number of methoxy groups -OCH3 is 1. The van der Waals surface area contributed by atoms with Gasteiger partial charge in [0, 0.05) is 12.8 Å². The molecule has 1 heterocycles. The number of benzene rings is 3. The molecule has 0 unspecified atom stereocenters. The minimum absolute atomic E-state index is 0.00453. The van der Waals surface area contributed by atoms with Crippen LogP contribution in [0.5, 0.6) is 0 Å². The summed E-state index contributed by atoms with van der Waals surface area (Å²) in [6.07, 6.45) is -4.80. The van der Waals surface area contributed by atoms with E-state index in [1.165, 1.54) is 19.2 Å². The highest BCUT2D eigenvalue weighted by Crippen LogP contribution is 2.33. The van der Waals surface area contributed by atoms with Gasteiger partial charge in [-0.3, -0.25) is 14.2 Å². The Morgan fingerprint density at radius 1 is 1.03 bits per heavy atom. The number of aromatic nitrogens is 2. The molecule has 3 N–H and O–H groups in total. The second-order valence-electron chi connectivity index (χ2n) is 7.62. The van der Waals surface area contributed by atoms with Crippen molar-refractivity contribution in [3.8, 4) is 5.69 Å². The van der Waals surface area contributed by atoms with Crippen molar-refractivity contribution in [1.82, 2.24) is 9.55 Å². The number of fused-ring (bicyclic) bond motifs is 1. The van der Waals surface area contributed by atoms with Gasteiger partial charge in [-0.25, -0.2) is 13.8 Å². The minimum Gasteiger partial charge on any atom is -0.377 e. The molecule has 0 aliphatic rings. The molecule has 36 heavy (non-hydrogen) atoms. The SMILES string of the molecule is COCc1nc2c(C(N)=O)cc(NC(=O)c3ccccc3C(F)(F)F)cc2n1-c1c(F)cccc1F. The number of primary amides is 1. The number of nitrogens with zero attached hydrogens (tertiary/aromatic N) is 2. The summed E-state index contributed by atoms with van der Waals surface area (Å²) in [4.78, 5) is 29.2. The fourth-order valence-corrected chi connectivity index (χ4v) is 3.79. The first-order valence-electron chi connectivity index (χ1n) is 10.3. The number of amides is 2. The molecule has 0 radical (unpaired) electrons. The fraction of sp³-hybridized carbons (Fsp3) is 0.125. The molecule has 3 aromatic carbocycles. The molecule has 0 saturated carbocycles. The molecular weight excluding hydrogens is 487 g/mol. The predicted molar refractivity (Wildman–Crippen MR) is 120 cm³/mol. The van der Waals surface area contributed by atoms with Gasteiger partial charge in [0.15, 0.2) is 0 Å². The average molecular weight is 504 g/mol. The third-order valence-corrected chi connectivity index (χ3v) is 5.26. The molecule has 12 heteroatoms. The Hall–Kier alpha value is -4.32. The molecule has 4 rings (SSSR count). The molecule has 2 amide bonds. The molecule has 0 saturated heterocycles. The summed E-state index contributed by atoms with van der Waals surface area (Å²) in [5, 5.41) is 2.30. The summed E-state index contributed by atoms with van der Waals surface area (Å²) >= 11 is 0. The van der Waals surface area contributed by atoms with Crippen LogP contribution in [0.1, 0.15) is 32.1 Å². The summed E-state index contributed by atoms with van der Waals surface area (Å²) in [6, 6.07) is 9.64. The van der Waals surface area contributed by atoms with Crippen LogP contribution in [0.15, 0.2) is 54.6 Å². The lowest BCUT2D eigenvalue weighted by Gasteiger charge is -2.14. The van der Waals surface area contributed by atoms with E-state index in [1.54, 1.807) is 0 Å². The van der Waals surface area contributed by atoms with Crippen LogP contribution in [0, 0.1) is 11.6 Å². The van der Waals surface area contributed by atoms with Gasteiger partial charge >= 0.3 is 6.18 Å². The molecule has 4 aromatic rings. The third kappa shape index (κ3) is 4.50. The Morgan fingerprint density at radius 2 is 1.69 bits per heavy atom. The van der Waals surface area contributed by atoms with Crippen LogP contribution in [0.3, 0.4) is 0 Å². The Balaban J connectivity index is 1.93. The fourth-order valence-electron chi connectivity index (χ4n) is 3.79. The number of hydrogen-bond acceptors (Lipinski definition) is 4. The largest absolute Gasteiger partial charge is 0.417 e. The molecule has 0 aliphatic heterocycles. The van der Waals surface area contributed by atoms with E-state index in [0.29, 0.717) is 0 Å². The van der Waals surface area contributed by atoms with Gasteiger partial charge < -0.3 is 15.8 Å². The summed E-state index contributed by atoms with van der Waals surface area (Å²) < 4.78 is 75.7. The number of ether oxygens (including phenoxy) is 1. The van der Waals surface area contributed by atoms with E-state index in [4.69, 9.17) is 10.5 Å². The van der Waals surface area contributed by atoms with Gasteiger partial charge in [-0.15, -0.1) is 0 Å². The Labute approximate surface area is 200 Å². The number of nitrogens with two attached hydrogens (primary N) is 1. The van der Waals surface area contributed by atoms with E-state index in [0.717, 1.165) is 47.0 Å². The number of rotatable bonds is 6. The second-order valence-corrected chi connectivity index (χ2v) is 7.62. The van der Waals surface area contributed by atoms with E-state index in [1.807, 2.05) is 0 Å². The topological polar surface area (TPSA) is 99.2 Å². The number of alkyl halides is 3. The van der Waals surface area contributed by atoms with Gasteiger partial charge in [-0.05, 0) is 36.4 Å². The first kappa shape index (κ1) is 24.8. The van der Waals surface area contributed by atoms with Crippen LogP contribution in [-0.4, -0.2) is 28.5 Å². The summed E-state index contributed by atoms with van der Waals surface area (Å²) in [5.41, 5.74) is 2.63. The molecule has 186 valence electrons. The molecule has 0 aliphatic carbocycles. The second kappa shape index (κ2) is 9.38. The highest BCUT2D eigenvalue weighted by molar-refractivity contribution is 6.10. The predicted octanol–water partition coefficient (Wildman–Crippen LogP) is 4.82. The van der Waals surface area contributed by atoms with E-state index >= 15 is 0 Å². The normalized spacial score (nSPS) is 11.6. The lowest BCUT2D eigenvalue weighted by molar-refractivity contribution is -0.137. The number of carbonyl (C=O) groups excluding carboxylic acids is 2. The third-order valence-electron chi connectivity index (χ3n) is 5.26. The number of anilines is 1. The van der Waals surface area contributed by atoms with Gasteiger partial charge in [0.05, 0.1) is 22.2 Å². The van der Waals surface area contributed by atoms with Gasteiger partial charge in [0.2, 0.25) is 0 Å². The molecule has 0 fully saturated rings. The van der Waals surface area contributed by atoms with Crippen LogP contribution in [0.25, 0.3) is 16.7 Å². The number of halogens is 5. The highest BCUT2D eigenvalue weighted by atomic mass is 19.4. The van der Waals surface area contributed by atoms with Gasteiger partial charge in [-0.1, -0.05) is 18.2 Å². The lowest BCUT2D eigenvalue weighted by Crippen LogP contribution is -2.19. The number of carbonyl (C=O) groups is 2. The van der Waals surface area contributed by atoms with Crippen molar-refractivity contribution in [2.45, 2.75) is 12.8 Å². The van der Waals surface area contributed by atoms with Crippen molar-refractivity contribution < 1.29 is 36.3 Å². The Bertz CT molecular complexity index is 1480. The zero-order valence-corrected chi connectivity index (χ0v) is 18.5. The van der Waals surface area contributed by atoms with Crippen molar-refractivity contribution in [2.75, 3.05) is 12.4 Å². The first-order chi connectivity index (χ1) is 17.0. The zero-order valence-electron chi connectivity index (χ0n) is 18.5. The molecular formula is C24H17F5N4O3. The number of para-hydroxylation sites is 1. The molecule has 1 aromatic heterocycles. The Morgan fingerprint density at radius 3 is 2.31 bits per heavy atom. The van der Waals surface area contributed by atoms with E-state index < -0.39 is 46.4 Å². The maximum atomic E-state index is 14.7. The number of imidazole rings is 1. The average Bonchev–Trinajstić information content (AvgIpc) is 3.15. The van der Waals surface area contributed by atoms with Crippen LogP contribution in [0.4, 0.5) is 27.6 Å². The van der Waals surface area contributed by atoms with Crippen LogP contribution >= 0.6 is 0 Å².